The van der Waals surface area contributed by atoms with Gasteiger partial charge in [0.2, 0.25) is 5.67 Å². The molecule has 20 heavy (non-hydrogen) atoms. The van der Waals surface area contributed by atoms with Gasteiger partial charge in [0.1, 0.15) is 0 Å². The molecule has 0 aromatic rings. The van der Waals surface area contributed by atoms with Crippen LogP contribution in [-0.2, 0) is 9.53 Å². The summed E-state index contributed by atoms with van der Waals surface area (Å²) in [7, 11) is 1.34. The summed E-state index contributed by atoms with van der Waals surface area (Å²) in [4.78, 5) is 12.3. The fourth-order valence-electron chi connectivity index (χ4n) is 4.22. The van der Waals surface area contributed by atoms with Crippen molar-refractivity contribution in [1.29, 1.82) is 0 Å². The van der Waals surface area contributed by atoms with Crippen LogP contribution >= 0.6 is 0 Å². The summed E-state index contributed by atoms with van der Waals surface area (Å²) in [5.41, 5.74) is -1.73. The van der Waals surface area contributed by atoms with Gasteiger partial charge in [-0.05, 0) is 25.7 Å². The molecule has 0 heterocycles. The van der Waals surface area contributed by atoms with Crippen molar-refractivity contribution in [2.24, 2.45) is 11.8 Å². The number of rotatable bonds is 3. The molecule has 0 aliphatic heterocycles. The van der Waals surface area contributed by atoms with Gasteiger partial charge in [0.25, 0.3) is 0 Å². The van der Waals surface area contributed by atoms with Crippen molar-refractivity contribution in [2.45, 2.75) is 82.7 Å². The van der Waals surface area contributed by atoms with E-state index in [-0.39, 0.29) is 11.8 Å². The van der Waals surface area contributed by atoms with Gasteiger partial charge in [0.05, 0.1) is 7.11 Å². The van der Waals surface area contributed by atoms with Gasteiger partial charge < -0.3 is 4.74 Å². The van der Waals surface area contributed by atoms with E-state index in [4.69, 9.17) is 4.74 Å². The van der Waals surface area contributed by atoms with Crippen molar-refractivity contribution in [3.8, 4) is 0 Å². The lowest BCUT2D eigenvalue weighted by molar-refractivity contribution is -0.166. The Kier molecular flexibility index (Phi) is 5.86. The molecule has 0 aromatic carbocycles. The maximum Gasteiger partial charge on any atom is 0.344 e. The first-order valence-electron chi connectivity index (χ1n) is 8.47. The third-order valence-electron chi connectivity index (χ3n) is 5.40. The average Bonchev–Trinajstić information content (AvgIpc) is 2.90. The van der Waals surface area contributed by atoms with Gasteiger partial charge in [0.15, 0.2) is 0 Å². The van der Waals surface area contributed by atoms with Crippen LogP contribution in [0.25, 0.3) is 0 Å². The number of halogens is 1. The summed E-state index contributed by atoms with van der Waals surface area (Å²) < 4.78 is 20.7. The number of methoxy groups -OCH3 is 1. The normalized spacial score (nSPS) is 23.9. The smallest absolute Gasteiger partial charge is 0.344 e. The monoisotopic (exact) mass is 284 g/mol. The number of hydrogen-bond acceptors (Lipinski definition) is 2. The fourth-order valence-corrected chi connectivity index (χ4v) is 4.22. The zero-order chi connectivity index (χ0) is 14.4. The Morgan fingerprint density at radius 3 is 1.50 bits per heavy atom. The lowest BCUT2D eigenvalue weighted by atomic mass is 9.72. The van der Waals surface area contributed by atoms with Gasteiger partial charge in [-0.25, -0.2) is 9.18 Å². The quantitative estimate of drug-likeness (QED) is 0.549. The van der Waals surface area contributed by atoms with Crippen LogP contribution < -0.4 is 0 Å². The summed E-state index contributed by atoms with van der Waals surface area (Å²) in [5.74, 6) is -0.850. The Morgan fingerprint density at radius 2 is 1.20 bits per heavy atom. The molecule has 0 saturated heterocycles. The van der Waals surface area contributed by atoms with Crippen molar-refractivity contribution in [2.75, 3.05) is 7.11 Å². The molecule has 2 rings (SSSR count). The van der Waals surface area contributed by atoms with Crippen LogP contribution in [0.1, 0.15) is 77.0 Å². The molecule has 3 heteroatoms. The number of esters is 1. The van der Waals surface area contributed by atoms with Crippen molar-refractivity contribution in [3.63, 3.8) is 0 Å². The Hall–Kier alpha value is -0.600. The Balaban J connectivity index is 2.20. The number of hydrogen-bond donors (Lipinski definition) is 0. The van der Waals surface area contributed by atoms with Gasteiger partial charge in [0, 0.05) is 11.8 Å². The minimum Gasteiger partial charge on any atom is -0.467 e. The predicted octanol–water partition coefficient (Wildman–Crippen LogP) is 4.81. The molecule has 0 radical (unpaired) electrons. The van der Waals surface area contributed by atoms with Crippen molar-refractivity contribution >= 4 is 5.97 Å². The fraction of sp³-hybridized carbons (Fsp3) is 0.941. The summed E-state index contributed by atoms with van der Waals surface area (Å²) in [6.07, 6.45) is 12.3. The van der Waals surface area contributed by atoms with Crippen LogP contribution in [0.4, 0.5) is 4.39 Å². The van der Waals surface area contributed by atoms with E-state index in [9.17, 15) is 4.79 Å². The molecule has 0 spiro atoms. The third kappa shape index (κ3) is 3.35. The minimum absolute atomic E-state index is 0.124. The molecule has 0 atom stereocenters. The second-order valence-corrected chi connectivity index (χ2v) is 6.64. The summed E-state index contributed by atoms with van der Waals surface area (Å²) in [6, 6.07) is 0. The van der Waals surface area contributed by atoms with E-state index in [1.54, 1.807) is 0 Å². The van der Waals surface area contributed by atoms with E-state index < -0.39 is 11.6 Å². The third-order valence-corrected chi connectivity index (χ3v) is 5.40. The molecule has 2 aliphatic carbocycles. The standard InChI is InChI=1S/C17H29FO2/c1-20-16(19)17(18,14-10-6-2-3-7-11-14)15-12-8-4-5-9-13-15/h14-15H,2-13H2,1H3. The molecule has 0 unspecified atom stereocenters. The van der Waals surface area contributed by atoms with E-state index in [0.717, 1.165) is 51.4 Å². The summed E-state index contributed by atoms with van der Waals surface area (Å²) >= 11 is 0. The lowest BCUT2D eigenvalue weighted by Gasteiger charge is -2.37. The first-order valence-corrected chi connectivity index (χ1v) is 8.47. The molecule has 2 saturated carbocycles. The highest BCUT2D eigenvalue weighted by atomic mass is 19.1. The highest BCUT2D eigenvalue weighted by Crippen LogP contribution is 2.45. The van der Waals surface area contributed by atoms with Crippen molar-refractivity contribution in [1.82, 2.24) is 0 Å². The molecule has 0 bridgehead atoms. The predicted molar refractivity (Wildman–Crippen MR) is 78.2 cm³/mol. The van der Waals surface area contributed by atoms with E-state index >= 15 is 4.39 Å². The van der Waals surface area contributed by atoms with Crippen LogP contribution in [-0.4, -0.2) is 18.7 Å². The highest BCUT2D eigenvalue weighted by molar-refractivity contribution is 5.80. The second kappa shape index (κ2) is 7.42. The molecule has 116 valence electrons. The first kappa shape index (κ1) is 15.8. The molecule has 0 aromatic heterocycles. The largest absolute Gasteiger partial charge is 0.467 e. The Bertz CT molecular complexity index is 280. The maximum atomic E-state index is 15.8. The van der Waals surface area contributed by atoms with Crippen LogP contribution in [0.2, 0.25) is 0 Å². The average molecular weight is 284 g/mol. The number of carbonyl (C=O) groups excluding carboxylic acids is 1. The minimum atomic E-state index is -1.73. The van der Waals surface area contributed by atoms with Gasteiger partial charge in [-0.15, -0.1) is 0 Å². The molecular formula is C17H29FO2. The topological polar surface area (TPSA) is 26.3 Å². The van der Waals surface area contributed by atoms with Crippen molar-refractivity contribution in [3.05, 3.63) is 0 Å². The first-order chi connectivity index (χ1) is 9.69. The maximum absolute atomic E-state index is 15.8. The van der Waals surface area contributed by atoms with E-state index in [1.807, 2.05) is 0 Å². The number of carbonyl (C=O) groups is 1. The summed E-state index contributed by atoms with van der Waals surface area (Å²) in [6.45, 7) is 0. The van der Waals surface area contributed by atoms with Gasteiger partial charge in [-0.3, -0.25) is 0 Å². The van der Waals surface area contributed by atoms with E-state index in [0.29, 0.717) is 0 Å². The molecule has 2 fully saturated rings. The van der Waals surface area contributed by atoms with E-state index in [1.165, 1.54) is 32.8 Å². The highest BCUT2D eigenvalue weighted by Gasteiger charge is 2.52. The molecule has 2 nitrogen and oxygen atoms in total. The zero-order valence-electron chi connectivity index (χ0n) is 12.8. The molecule has 2 aliphatic rings. The van der Waals surface area contributed by atoms with Crippen LogP contribution in [0.5, 0.6) is 0 Å². The van der Waals surface area contributed by atoms with Gasteiger partial charge >= 0.3 is 5.97 Å². The van der Waals surface area contributed by atoms with E-state index in [2.05, 4.69) is 0 Å². The SMILES string of the molecule is COC(=O)C(F)(C1CCCCCC1)C1CCCCCC1. The van der Waals surface area contributed by atoms with Crippen LogP contribution in [0, 0.1) is 11.8 Å². The van der Waals surface area contributed by atoms with Crippen LogP contribution in [0.15, 0.2) is 0 Å². The second-order valence-electron chi connectivity index (χ2n) is 6.64. The van der Waals surface area contributed by atoms with Gasteiger partial charge in [-0.1, -0.05) is 51.4 Å². The molecule has 0 amide bonds. The number of ether oxygens (including phenoxy) is 1. The Morgan fingerprint density at radius 1 is 0.850 bits per heavy atom. The Labute approximate surface area is 122 Å². The van der Waals surface area contributed by atoms with Crippen LogP contribution in [0.3, 0.4) is 0 Å². The number of alkyl halides is 1. The van der Waals surface area contributed by atoms with Crippen molar-refractivity contribution < 1.29 is 13.9 Å². The molecule has 0 N–H and O–H groups in total. The summed E-state index contributed by atoms with van der Waals surface area (Å²) in [5, 5.41) is 0. The zero-order valence-corrected chi connectivity index (χ0v) is 12.8. The molecular weight excluding hydrogens is 255 g/mol. The lowest BCUT2D eigenvalue weighted by Crippen LogP contribution is -2.49. The van der Waals surface area contributed by atoms with Gasteiger partial charge in [-0.2, -0.15) is 0 Å².